The molecule has 0 N–H and O–H groups in total. The number of carbonyl (C=O) groups is 2. The molecule has 0 atom stereocenters. The molecule has 27 heavy (non-hydrogen) atoms. The number of carbonyl (C=O) groups excluding carboxylic acids is 2. The molecule has 2 aromatic carbocycles. The van der Waals surface area contributed by atoms with Gasteiger partial charge in [-0.3, -0.25) is 9.59 Å². The van der Waals surface area contributed by atoms with Gasteiger partial charge in [-0.05, 0) is 17.5 Å². The summed E-state index contributed by atoms with van der Waals surface area (Å²) in [5.41, 5.74) is 2.09. The van der Waals surface area contributed by atoms with Gasteiger partial charge in [0, 0.05) is 19.3 Å². The molecule has 2 aromatic rings. The molecule has 0 heterocycles. The van der Waals surface area contributed by atoms with Crippen molar-refractivity contribution in [1.82, 2.24) is 0 Å². The lowest BCUT2D eigenvalue weighted by Crippen LogP contribution is -2.29. The molecule has 0 radical (unpaired) electrons. The van der Waals surface area contributed by atoms with E-state index in [-0.39, 0.29) is 26.1 Å². The minimum Gasteiger partial charge on any atom is -0.465 e. The highest BCUT2D eigenvalue weighted by Crippen LogP contribution is 2.12. The molecule has 0 saturated carbocycles. The van der Waals surface area contributed by atoms with Crippen LogP contribution in [0.2, 0.25) is 0 Å². The Morgan fingerprint density at radius 2 is 1.26 bits per heavy atom. The average Bonchev–Trinajstić information content (AvgIpc) is 2.70. The minimum absolute atomic E-state index is 0.0895. The number of nitrogens with zero attached hydrogens (tertiary/aromatic N) is 1. The van der Waals surface area contributed by atoms with Gasteiger partial charge in [0.25, 0.3) is 0 Å². The van der Waals surface area contributed by atoms with Crippen LogP contribution in [0.15, 0.2) is 60.7 Å². The summed E-state index contributed by atoms with van der Waals surface area (Å²) in [6, 6.07) is 21.2. The maximum absolute atomic E-state index is 12.3. The maximum Gasteiger partial charge on any atom is 0.320 e. The Labute approximate surface area is 159 Å². The molecule has 0 fully saturated rings. The van der Waals surface area contributed by atoms with Crippen molar-refractivity contribution in [3.05, 3.63) is 71.8 Å². The SMILES string of the molecule is N#CCCC(C(=O)OCCc1ccccc1)C(=O)OCCc1ccccc1. The smallest absolute Gasteiger partial charge is 0.320 e. The summed E-state index contributed by atoms with van der Waals surface area (Å²) in [6.45, 7) is 0.367. The van der Waals surface area contributed by atoms with Crippen LogP contribution in [0.1, 0.15) is 24.0 Å². The number of benzene rings is 2. The molecule has 5 nitrogen and oxygen atoms in total. The van der Waals surface area contributed by atoms with Crippen molar-refractivity contribution in [2.75, 3.05) is 13.2 Å². The number of nitriles is 1. The van der Waals surface area contributed by atoms with Gasteiger partial charge in [-0.1, -0.05) is 60.7 Å². The molecule has 0 amide bonds. The van der Waals surface area contributed by atoms with E-state index in [2.05, 4.69) is 0 Å². The average molecular weight is 365 g/mol. The maximum atomic E-state index is 12.3. The van der Waals surface area contributed by atoms with Gasteiger partial charge in [0.2, 0.25) is 0 Å². The van der Waals surface area contributed by atoms with Gasteiger partial charge >= 0.3 is 11.9 Å². The lowest BCUT2D eigenvalue weighted by Gasteiger charge is -2.14. The van der Waals surface area contributed by atoms with Crippen molar-refractivity contribution in [2.45, 2.75) is 25.7 Å². The second-order valence-corrected chi connectivity index (χ2v) is 6.06. The van der Waals surface area contributed by atoms with Crippen LogP contribution in [0.25, 0.3) is 0 Å². The second-order valence-electron chi connectivity index (χ2n) is 6.06. The molecule has 0 aliphatic heterocycles. The fourth-order valence-electron chi connectivity index (χ4n) is 2.57. The summed E-state index contributed by atoms with van der Waals surface area (Å²) >= 11 is 0. The highest BCUT2D eigenvalue weighted by atomic mass is 16.6. The largest absolute Gasteiger partial charge is 0.465 e. The molecule has 0 aromatic heterocycles. The summed E-state index contributed by atoms with van der Waals surface area (Å²) in [5.74, 6) is -2.33. The molecule has 2 rings (SSSR count). The molecule has 0 unspecified atom stereocenters. The predicted molar refractivity (Wildman–Crippen MR) is 101 cm³/mol. The number of rotatable bonds is 10. The summed E-state index contributed by atoms with van der Waals surface area (Å²) in [4.78, 5) is 24.6. The highest BCUT2D eigenvalue weighted by molar-refractivity contribution is 5.94. The molecule has 0 spiro atoms. The molecular weight excluding hydrogens is 342 g/mol. The minimum atomic E-state index is -1.06. The van der Waals surface area contributed by atoms with E-state index in [0.29, 0.717) is 12.8 Å². The summed E-state index contributed by atoms with van der Waals surface area (Å²) in [7, 11) is 0. The molecule has 0 saturated heterocycles. The van der Waals surface area contributed by atoms with Gasteiger partial charge in [-0.15, -0.1) is 0 Å². The van der Waals surface area contributed by atoms with Crippen LogP contribution >= 0.6 is 0 Å². The zero-order valence-electron chi connectivity index (χ0n) is 15.2. The molecule has 5 heteroatoms. The predicted octanol–water partition coefficient (Wildman–Crippen LogP) is 3.48. The van der Waals surface area contributed by atoms with E-state index in [1.807, 2.05) is 66.7 Å². The van der Waals surface area contributed by atoms with Crippen molar-refractivity contribution in [3.8, 4) is 6.07 Å². The summed E-state index contributed by atoms with van der Waals surface area (Å²) in [6.07, 6.45) is 1.33. The zero-order valence-corrected chi connectivity index (χ0v) is 15.2. The van der Waals surface area contributed by atoms with Crippen LogP contribution in [-0.4, -0.2) is 25.2 Å². The third-order valence-corrected chi connectivity index (χ3v) is 4.07. The lowest BCUT2D eigenvalue weighted by atomic mass is 10.0. The topological polar surface area (TPSA) is 76.4 Å². The van der Waals surface area contributed by atoms with E-state index in [1.54, 1.807) is 0 Å². The Morgan fingerprint density at radius 1 is 0.815 bits per heavy atom. The van der Waals surface area contributed by atoms with E-state index in [1.165, 1.54) is 0 Å². The Balaban J connectivity index is 1.81. The van der Waals surface area contributed by atoms with E-state index in [0.717, 1.165) is 11.1 Å². The first-order valence-corrected chi connectivity index (χ1v) is 8.99. The second kappa shape index (κ2) is 11.5. The normalized spacial score (nSPS) is 10.2. The first kappa shape index (κ1) is 20.2. The van der Waals surface area contributed by atoms with E-state index < -0.39 is 17.9 Å². The van der Waals surface area contributed by atoms with Gasteiger partial charge < -0.3 is 9.47 Å². The monoisotopic (exact) mass is 365 g/mol. The first-order valence-electron chi connectivity index (χ1n) is 8.99. The number of hydrogen-bond donors (Lipinski definition) is 0. The fraction of sp³-hybridized carbons (Fsp3) is 0.318. The van der Waals surface area contributed by atoms with E-state index >= 15 is 0 Å². The first-order chi connectivity index (χ1) is 13.2. The standard InChI is InChI=1S/C22H23NO4/c23-15-7-12-20(21(24)26-16-13-18-8-3-1-4-9-18)22(25)27-17-14-19-10-5-2-6-11-19/h1-6,8-11,20H,7,12-14,16-17H2. The van der Waals surface area contributed by atoms with Crippen LogP contribution in [0, 0.1) is 17.2 Å². The van der Waals surface area contributed by atoms with Gasteiger partial charge in [0.15, 0.2) is 5.92 Å². The quantitative estimate of drug-likeness (QED) is 0.476. The van der Waals surface area contributed by atoms with E-state index in [9.17, 15) is 9.59 Å². The van der Waals surface area contributed by atoms with Crippen LogP contribution in [0.4, 0.5) is 0 Å². The number of hydrogen-bond acceptors (Lipinski definition) is 5. The Morgan fingerprint density at radius 3 is 1.67 bits per heavy atom. The van der Waals surface area contributed by atoms with Crippen LogP contribution < -0.4 is 0 Å². The van der Waals surface area contributed by atoms with Crippen LogP contribution in [-0.2, 0) is 31.9 Å². The van der Waals surface area contributed by atoms with Crippen LogP contribution in [0.5, 0.6) is 0 Å². The summed E-state index contributed by atoms with van der Waals surface area (Å²) in [5, 5.41) is 8.77. The number of ether oxygens (including phenoxy) is 2. The molecular formula is C22H23NO4. The Bertz CT molecular complexity index is 695. The van der Waals surface area contributed by atoms with Crippen molar-refractivity contribution >= 4 is 11.9 Å². The third-order valence-electron chi connectivity index (χ3n) is 4.07. The van der Waals surface area contributed by atoms with Crippen molar-refractivity contribution in [2.24, 2.45) is 5.92 Å². The van der Waals surface area contributed by atoms with Crippen molar-refractivity contribution in [3.63, 3.8) is 0 Å². The van der Waals surface area contributed by atoms with Gasteiger partial charge in [0.05, 0.1) is 19.3 Å². The molecule has 0 aliphatic carbocycles. The van der Waals surface area contributed by atoms with Crippen molar-refractivity contribution < 1.29 is 19.1 Å². The molecule has 0 aliphatic rings. The number of esters is 2. The Kier molecular flexibility index (Phi) is 8.58. The lowest BCUT2D eigenvalue weighted by molar-refractivity contribution is -0.162. The Hall–Kier alpha value is -3.13. The summed E-state index contributed by atoms with van der Waals surface area (Å²) < 4.78 is 10.5. The van der Waals surface area contributed by atoms with Gasteiger partial charge in [-0.2, -0.15) is 5.26 Å². The highest BCUT2D eigenvalue weighted by Gasteiger charge is 2.29. The van der Waals surface area contributed by atoms with E-state index in [4.69, 9.17) is 14.7 Å². The zero-order chi connectivity index (χ0) is 19.3. The fourth-order valence-corrected chi connectivity index (χ4v) is 2.57. The van der Waals surface area contributed by atoms with Crippen LogP contribution in [0.3, 0.4) is 0 Å². The van der Waals surface area contributed by atoms with Gasteiger partial charge in [0.1, 0.15) is 0 Å². The molecule has 0 bridgehead atoms. The van der Waals surface area contributed by atoms with Crippen molar-refractivity contribution in [1.29, 1.82) is 5.26 Å². The molecule has 140 valence electrons. The third kappa shape index (κ3) is 7.33. The van der Waals surface area contributed by atoms with Gasteiger partial charge in [-0.25, -0.2) is 0 Å².